The monoisotopic (exact) mass is 235 g/mol. The zero-order valence-electron chi connectivity index (χ0n) is 9.23. The Morgan fingerprint density at radius 1 is 1.44 bits per heavy atom. The maximum absolute atomic E-state index is 12.7. The number of amides is 1. The van der Waals surface area contributed by atoms with E-state index < -0.39 is 17.5 Å². The molecule has 0 aromatic carbocycles. The van der Waals surface area contributed by atoms with Gasteiger partial charge in [-0.3, -0.25) is 4.79 Å². The number of carbonyl (C=O) groups is 1. The number of hydrogen-bond acceptors (Lipinski definition) is 1. The number of nitrogens with one attached hydrogen (secondary N) is 1. The fourth-order valence-electron chi connectivity index (χ4n) is 3.15. The van der Waals surface area contributed by atoms with Gasteiger partial charge in [0.15, 0.2) is 0 Å². The van der Waals surface area contributed by atoms with Crippen LogP contribution in [0.25, 0.3) is 0 Å². The smallest absolute Gasteiger partial charge is 0.353 e. The molecule has 0 radical (unpaired) electrons. The zero-order chi connectivity index (χ0) is 12.0. The largest absolute Gasteiger partial charge is 0.391 e. The molecular weight excluding hydrogens is 219 g/mol. The van der Waals surface area contributed by atoms with Crippen LogP contribution in [0.3, 0.4) is 0 Å². The summed E-state index contributed by atoms with van der Waals surface area (Å²) in [5.74, 6) is -1.33. The summed E-state index contributed by atoms with van der Waals surface area (Å²) in [4.78, 5) is 11.3. The third kappa shape index (κ3) is 1.92. The van der Waals surface area contributed by atoms with Crippen LogP contribution in [0.2, 0.25) is 0 Å². The Labute approximate surface area is 92.6 Å². The van der Waals surface area contributed by atoms with E-state index in [1.165, 1.54) is 0 Å². The van der Waals surface area contributed by atoms with Gasteiger partial charge in [0.2, 0.25) is 5.91 Å². The predicted molar refractivity (Wildman–Crippen MR) is 52.7 cm³/mol. The number of rotatable bonds is 0. The number of hydrogen-bond donors (Lipinski definition) is 1. The molecule has 1 saturated heterocycles. The van der Waals surface area contributed by atoms with Crippen molar-refractivity contribution in [2.24, 2.45) is 11.3 Å². The second-order valence-electron chi connectivity index (χ2n) is 5.16. The fourth-order valence-corrected chi connectivity index (χ4v) is 3.15. The van der Waals surface area contributed by atoms with Crippen molar-refractivity contribution in [3.8, 4) is 0 Å². The first-order chi connectivity index (χ1) is 7.33. The number of carbonyl (C=O) groups excluding carboxylic acids is 1. The molecule has 1 amide bonds. The van der Waals surface area contributed by atoms with Crippen molar-refractivity contribution in [2.75, 3.05) is 0 Å². The summed E-state index contributed by atoms with van der Waals surface area (Å²) < 4.78 is 38.1. The first-order valence-electron chi connectivity index (χ1n) is 5.70. The van der Waals surface area contributed by atoms with Crippen LogP contribution in [-0.4, -0.2) is 18.1 Å². The van der Waals surface area contributed by atoms with Crippen molar-refractivity contribution in [3.05, 3.63) is 0 Å². The third-order valence-electron chi connectivity index (χ3n) is 4.15. The summed E-state index contributed by atoms with van der Waals surface area (Å²) in [5, 5.41) is 2.74. The summed E-state index contributed by atoms with van der Waals surface area (Å²) in [7, 11) is 0. The van der Waals surface area contributed by atoms with Crippen LogP contribution in [0, 0.1) is 11.3 Å². The Hall–Kier alpha value is -0.740. The Morgan fingerprint density at radius 2 is 2.12 bits per heavy atom. The minimum atomic E-state index is -4.11. The molecule has 2 aliphatic rings. The van der Waals surface area contributed by atoms with Gasteiger partial charge in [0, 0.05) is 12.5 Å². The molecule has 3 atom stereocenters. The quantitative estimate of drug-likeness (QED) is 0.687. The molecule has 2 fully saturated rings. The van der Waals surface area contributed by atoms with Gasteiger partial charge < -0.3 is 5.32 Å². The lowest BCUT2D eigenvalue weighted by molar-refractivity contribution is -0.192. The van der Waals surface area contributed by atoms with E-state index in [1.54, 1.807) is 0 Å². The zero-order valence-corrected chi connectivity index (χ0v) is 9.23. The molecule has 1 saturated carbocycles. The molecule has 1 spiro atoms. The average Bonchev–Trinajstić information content (AvgIpc) is 2.40. The SMILES string of the molecule is CC1NC(=O)CC12CCCC(C(F)(F)F)C2. The molecular formula is C11H16F3NO. The van der Waals surface area contributed by atoms with E-state index in [0.717, 1.165) is 6.42 Å². The molecule has 0 aromatic heterocycles. The van der Waals surface area contributed by atoms with Crippen LogP contribution < -0.4 is 5.32 Å². The van der Waals surface area contributed by atoms with Gasteiger partial charge >= 0.3 is 6.18 Å². The maximum Gasteiger partial charge on any atom is 0.391 e. The molecule has 1 heterocycles. The fraction of sp³-hybridized carbons (Fsp3) is 0.909. The van der Waals surface area contributed by atoms with Gasteiger partial charge in [0.1, 0.15) is 0 Å². The van der Waals surface area contributed by atoms with E-state index in [0.29, 0.717) is 6.42 Å². The highest BCUT2D eigenvalue weighted by Gasteiger charge is 2.52. The van der Waals surface area contributed by atoms with Crippen LogP contribution in [0.4, 0.5) is 13.2 Å². The molecule has 92 valence electrons. The highest BCUT2D eigenvalue weighted by molar-refractivity contribution is 5.79. The second-order valence-corrected chi connectivity index (χ2v) is 5.16. The Kier molecular flexibility index (Phi) is 2.67. The molecule has 0 bridgehead atoms. The van der Waals surface area contributed by atoms with Crippen LogP contribution in [0.5, 0.6) is 0 Å². The Balaban J connectivity index is 2.15. The lowest BCUT2D eigenvalue weighted by Crippen LogP contribution is -2.41. The van der Waals surface area contributed by atoms with E-state index in [1.807, 2.05) is 6.92 Å². The van der Waals surface area contributed by atoms with Crippen molar-refractivity contribution in [3.63, 3.8) is 0 Å². The third-order valence-corrected chi connectivity index (χ3v) is 4.15. The highest BCUT2D eigenvalue weighted by Crippen LogP contribution is 2.51. The van der Waals surface area contributed by atoms with E-state index in [-0.39, 0.29) is 31.2 Å². The van der Waals surface area contributed by atoms with E-state index in [4.69, 9.17) is 0 Å². The molecule has 0 aromatic rings. The van der Waals surface area contributed by atoms with Gasteiger partial charge in [0.05, 0.1) is 5.92 Å². The van der Waals surface area contributed by atoms with E-state index in [2.05, 4.69) is 5.32 Å². The summed E-state index contributed by atoms with van der Waals surface area (Å²) in [6.07, 6.45) is -2.22. The minimum absolute atomic E-state index is 0.102. The molecule has 1 N–H and O–H groups in total. The topological polar surface area (TPSA) is 29.1 Å². The standard InChI is InChI=1S/C11H16F3NO/c1-7-10(6-9(16)15-7)4-2-3-8(5-10)11(12,13)14/h7-8H,2-6H2,1H3,(H,15,16). The molecule has 2 nitrogen and oxygen atoms in total. The van der Waals surface area contributed by atoms with Crippen molar-refractivity contribution in [1.82, 2.24) is 5.32 Å². The van der Waals surface area contributed by atoms with Crippen LogP contribution in [0.1, 0.15) is 39.0 Å². The predicted octanol–water partition coefficient (Wildman–Crippen LogP) is 2.63. The summed E-state index contributed by atoms with van der Waals surface area (Å²) in [6, 6.07) is -0.120. The van der Waals surface area contributed by atoms with E-state index >= 15 is 0 Å². The van der Waals surface area contributed by atoms with Crippen LogP contribution in [0.15, 0.2) is 0 Å². The van der Waals surface area contributed by atoms with Crippen LogP contribution in [-0.2, 0) is 4.79 Å². The molecule has 2 rings (SSSR count). The summed E-state index contributed by atoms with van der Waals surface area (Å²) >= 11 is 0. The first-order valence-corrected chi connectivity index (χ1v) is 5.70. The van der Waals surface area contributed by atoms with Crippen molar-refractivity contribution >= 4 is 5.91 Å². The molecule has 1 aliphatic carbocycles. The lowest BCUT2D eigenvalue weighted by Gasteiger charge is -2.40. The van der Waals surface area contributed by atoms with Gasteiger partial charge in [-0.05, 0) is 31.6 Å². The van der Waals surface area contributed by atoms with Gasteiger partial charge in [-0.2, -0.15) is 13.2 Å². The van der Waals surface area contributed by atoms with Gasteiger partial charge in [-0.15, -0.1) is 0 Å². The molecule has 5 heteroatoms. The molecule has 1 aliphatic heterocycles. The first kappa shape index (κ1) is 11.7. The molecule has 16 heavy (non-hydrogen) atoms. The lowest BCUT2D eigenvalue weighted by atomic mass is 9.65. The number of halogens is 3. The van der Waals surface area contributed by atoms with Crippen molar-refractivity contribution in [1.29, 1.82) is 0 Å². The van der Waals surface area contributed by atoms with Crippen molar-refractivity contribution < 1.29 is 18.0 Å². The Bertz CT molecular complexity index is 302. The minimum Gasteiger partial charge on any atom is -0.353 e. The summed E-state index contributed by atoms with van der Waals surface area (Å²) in [5.41, 5.74) is -0.449. The average molecular weight is 235 g/mol. The Morgan fingerprint density at radius 3 is 2.62 bits per heavy atom. The van der Waals surface area contributed by atoms with Crippen LogP contribution >= 0.6 is 0 Å². The van der Waals surface area contributed by atoms with Gasteiger partial charge in [0.25, 0.3) is 0 Å². The van der Waals surface area contributed by atoms with E-state index in [9.17, 15) is 18.0 Å². The molecule has 3 unspecified atom stereocenters. The van der Waals surface area contributed by atoms with Gasteiger partial charge in [-0.25, -0.2) is 0 Å². The van der Waals surface area contributed by atoms with Crippen molar-refractivity contribution in [2.45, 2.75) is 51.2 Å². The summed E-state index contributed by atoms with van der Waals surface area (Å²) in [6.45, 7) is 1.82. The second kappa shape index (κ2) is 3.64. The normalized spacial score (nSPS) is 40.1. The maximum atomic E-state index is 12.7. The van der Waals surface area contributed by atoms with Gasteiger partial charge in [-0.1, -0.05) is 6.42 Å². The number of alkyl halides is 3. The highest BCUT2D eigenvalue weighted by atomic mass is 19.4.